The van der Waals surface area contributed by atoms with Crippen molar-refractivity contribution < 1.29 is 19.1 Å². The van der Waals surface area contributed by atoms with Crippen molar-refractivity contribution in [3.63, 3.8) is 0 Å². The Balaban J connectivity index is 2.28. The van der Waals surface area contributed by atoms with E-state index >= 15 is 0 Å². The van der Waals surface area contributed by atoms with Gasteiger partial charge in [0.1, 0.15) is 17.9 Å². The second-order valence-corrected chi connectivity index (χ2v) is 13.3. The van der Waals surface area contributed by atoms with Crippen molar-refractivity contribution in [2.24, 2.45) is 0 Å². The number of unbranched alkanes of at least 4 members (excludes halogenated alkanes) is 1. The van der Waals surface area contributed by atoms with E-state index in [-0.39, 0.29) is 5.97 Å². The second kappa shape index (κ2) is 8.64. The van der Waals surface area contributed by atoms with E-state index in [9.17, 15) is 9.90 Å². The fraction of sp³-hybridized carbons (Fsp3) is 0.625. The summed E-state index contributed by atoms with van der Waals surface area (Å²) in [5, 5.41) is 10.4. The average molecular weight is 417 g/mol. The van der Waals surface area contributed by atoms with E-state index in [0.717, 1.165) is 72.6 Å². The van der Waals surface area contributed by atoms with Gasteiger partial charge in [0, 0.05) is 11.1 Å². The summed E-state index contributed by atoms with van der Waals surface area (Å²) >= 11 is 0. The molecule has 1 aromatic carbocycles. The van der Waals surface area contributed by atoms with Crippen LogP contribution in [-0.4, -0.2) is 25.5 Å². The maximum atomic E-state index is 12.8. The number of hydrogen-bond acceptors (Lipinski definition) is 4. The summed E-state index contributed by atoms with van der Waals surface area (Å²) in [6.07, 6.45) is 5.53. The quantitative estimate of drug-likeness (QED) is 0.421. The van der Waals surface area contributed by atoms with Crippen molar-refractivity contribution in [3.05, 3.63) is 33.4 Å². The smallest absolute Gasteiger partial charge is 0.342 e. The van der Waals surface area contributed by atoms with E-state index in [2.05, 4.69) is 33.9 Å². The minimum Gasteiger partial charge on any atom is -0.543 e. The van der Waals surface area contributed by atoms with Gasteiger partial charge in [-0.1, -0.05) is 26.7 Å². The molecular formula is C24H36O4Si. The van der Waals surface area contributed by atoms with Gasteiger partial charge in [-0.05, 0) is 80.9 Å². The molecule has 4 nitrogen and oxygen atoms in total. The number of hydrogen-bond donors (Lipinski definition) is 1. The molecule has 2 aliphatic rings. The molecule has 0 saturated carbocycles. The van der Waals surface area contributed by atoms with Crippen LogP contribution in [0.15, 0.2) is 5.57 Å². The van der Waals surface area contributed by atoms with Crippen LogP contribution in [0.4, 0.5) is 0 Å². The first-order chi connectivity index (χ1) is 13.7. The first kappa shape index (κ1) is 22.1. The SMILES string of the molecule is CCCC[Si](C)(C)Oc1c2c(c(C)c(CC)c1C1=C([C@H](C)O)CCC1)COC2=O. The number of esters is 1. The molecule has 160 valence electrons. The van der Waals surface area contributed by atoms with Crippen LogP contribution < -0.4 is 4.43 Å². The molecule has 0 aromatic heterocycles. The molecule has 3 rings (SSSR count). The number of carbonyl (C=O) groups excluding carboxylic acids is 1. The van der Waals surface area contributed by atoms with Crippen molar-refractivity contribution in [2.75, 3.05) is 0 Å². The van der Waals surface area contributed by atoms with Crippen LogP contribution in [0.25, 0.3) is 5.57 Å². The summed E-state index contributed by atoms with van der Waals surface area (Å²) in [6, 6.07) is 1.06. The highest BCUT2D eigenvalue weighted by Gasteiger charge is 2.37. The van der Waals surface area contributed by atoms with Gasteiger partial charge in [0.05, 0.1) is 6.10 Å². The lowest BCUT2D eigenvalue weighted by atomic mass is 9.85. The van der Waals surface area contributed by atoms with Crippen molar-refractivity contribution in [1.82, 2.24) is 0 Å². The molecule has 1 N–H and O–H groups in total. The van der Waals surface area contributed by atoms with Gasteiger partial charge in [0.15, 0.2) is 0 Å². The Morgan fingerprint density at radius 2 is 1.93 bits per heavy atom. The molecule has 0 spiro atoms. The van der Waals surface area contributed by atoms with E-state index in [1.54, 1.807) is 0 Å². The van der Waals surface area contributed by atoms with Crippen LogP contribution in [-0.2, 0) is 17.8 Å². The molecule has 1 atom stereocenters. The first-order valence-electron chi connectivity index (χ1n) is 11.2. The number of benzene rings is 1. The van der Waals surface area contributed by atoms with Gasteiger partial charge in [-0.2, -0.15) is 0 Å². The average Bonchev–Trinajstić information content (AvgIpc) is 3.29. The van der Waals surface area contributed by atoms with Crippen LogP contribution in [0.5, 0.6) is 5.75 Å². The number of aliphatic hydroxyl groups excluding tert-OH is 1. The number of cyclic esters (lactones) is 1. The Labute approximate surface area is 176 Å². The van der Waals surface area contributed by atoms with Crippen LogP contribution in [0.3, 0.4) is 0 Å². The zero-order valence-corrected chi connectivity index (χ0v) is 19.9. The molecule has 1 aliphatic carbocycles. The fourth-order valence-corrected chi connectivity index (χ4v) is 6.93. The van der Waals surface area contributed by atoms with Crippen molar-refractivity contribution >= 4 is 19.9 Å². The standard InChI is InChI=1S/C24H36O4Si/c1-7-9-13-29(5,6)28-23-21(19-12-10-11-18(19)16(4)25)17(8-2)15(3)20-14-27-24(26)22(20)23/h16,25H,7-14H2,1-6H3/t16-/m0/s1. The molecule has 0 saturated heterocycles. The highest BCUT2D eigenvalue weighted by molar-refractivity contribution is 6.71. The van der Waals surface area contributed by atoms with Crippen molar-refractivity contribution in [3.8, 4) is 5.75 Å². The lowest BCUT2D eigenvalue weighted by Crippen LogP contribution is -2.35. The zero-order valence-electron chi connectivity index (χ0n) is 18.9. The largest absolute Gasteiger partial charge is 0.543 e. The van der Waals surface area contributed by atoms with Crippen molar-refractivity contribution in [2.45, 2.75) is 98.1 Å². The van der Waals surface area contributed by atoms with Gasteiger partial charge in [-0.15, -0.1) is 0 Å². The van der Waals surface area contributed by atoms with Crippen LogP contribution >= 0.6 is 0 Å². The third-order valence-corrected chi connectivity index (χ3v) is 8.76. The number of allylic oxidation sites excluding steroid dienone is 1. The van der Waals surface area contributed by atoms with E-state index < -0.39 is 14.4 Å². The topological polar surface area (TPSA) is 55.8 Å². The van der Waals surface area contributed by atoms with Gasteiger partial charge >= 0.3 is 5.97 Å². The Hall–Kier alpha value is -1.59. The molecule has 1 heterocycles. The van der Waals surface area contributed by atoms with Gasteiger partial charge in [0.2, 0.25) is 8.32 Å². The molecule has 0 radical (unpaired) electrons. The van der Waals surface area contributed by atoms with Crippen molar-refractivity contribution in [1.29, 1.82) is 0 Å². The summed E-state index contributed by atoms with van der Waals surface area (Å²) in [7, 11) is -2.02. The Morgan fingerprint density at radius 3 is 2.55 bits per heavy atom. The minimum absolute atomic E-state index is 0.264. The molecule has 1 aromatic rings. The summed E-state index contributed by atoms with van der Waals surface area (Å²) in [6.45, 7) is 13.1. The molecule has 0 amide bonds. The van der Waals surface area contributed by atoms with E-state index in [1.165, 1.54) is 11.1 Å². The Morgan fingerprint density at radius 1 is 1.21 bits per heavy atom. The summed E-state index contributed by atoms with van der Waals surface area (Å²) < 4.78 is 12.3. The number of rotatable bonds is 8. The van der Waals surface area contributed by atoms with Gasteiger partial charge in [-0.25, -0.2) is 4.79 Å². The molecule has 0 unspecified atom stereocenters. The number of carbonyl (C=O) groups is 1. The predicted octanol–water partition coefficient (Wildman–Crippen LogP) is 5.93. The minimum atomic E-state index is -2.02. The summed E-state index contributed by atoms with van der Waals surface area (Å²) in [4.78, 5) is 12.8. The lowest BCUT2D eigenvalue weighted by molar-refractivity contribution is 0.0533. The monoisotopic (exact) mass is 416 g/mol. The highest BCUT2D eigenvalue weighted by Crippen LogP contribution is 2.47. The number of ether oxygens (including phenoxy) is 1. The second-order valence-electron chi connectivity index (χ2n) is 9.09. The molecule has 0 fully saturated rings. The lowest BCUT2D eigenvalue weighted by Gasteiger charge is -2.30. The van der Waals surface area contributed by atoms with E-state index in [1.807, 2.05) is 6.92 Å². The third kappa shape index (κ3) is 4.17. The van der Waals surface area contributed by atoms with Crippen LogP contribution in [0, 0.1) is 6.92 Å². The summed E-state index contributed by atoms with van der Waals surface area (Å²) in [5.41, 5.74) is 7.38. The molecule has 0 bridgehead atoms. The van der Waals surface area contributed by atoms with Crippen LogP contribution in [0.2, 0.25) is 19.1 Å². The molecular weight excluding hydrogens is 380 g/mol. The maximum Gasteiger partial charge on any atom is 0.342 e. The normalized spacial score (nSPS) is 17.6. The van der Waals surface area contributed by atoms with Gasteiger partial charge < -0.3 is 14.3 Å². The van der Waals surface area contributed by atoms with E-state index in [4.69, 9.17) is 9.16 Å². The molecule has 29 heavy (non-hydrogen) atoms. The zero-order chi connectivity index (χ0) is 21.3. The summed E-state index contributed by atoms with van der Waals surface area (Å²) in [5.74, 6) is 0.479. The Bertz CT molecular complexity index is 836. The molecule has 1 aliphatic heterocycles. The predicted molar refractivity (Wildman–Crippen MR) is 120 cm³/mol. The Kier molecular flexibility index (Phi) is 6.59. The maximum absolute atomic E-state index is 12.8. The third-order valence-electron chi connectivity index (χ3n) is 6.45. The number of fused-ring (bicyclic) bond motifs is 1. The van der Waals surface area contributed by atoms with E-state index in [0.29, 0.717) is 12.2 Å². The highest BCUT2D eigenvalue weighted by atomic mass is 28.4. The van der Waals surface area contributed by atoms with Gasteiger partial charge in [-0.3, -0.25) is 0 Å². The first-order valence-corrected chi connectivity index (χ1v) is 14.3. The van der Waals surface area contributed by atoms with Crippen LogP contribution in [0.1, 0.15) is 85.5 Å². The van der Waals surface area contributed by atoms with Gasteiger partial charge in [0.25, 0.3) is 0 Å². The number of aliphatic hydroxyl groups is 1. The fourth-order valence-electron chi connectivity index (χ4n) is 4.87. The molecule has 5 heteroatoms.